The SMILES string of the molecule is O=C(c1ccc(CNC(=O)C23CC4CC(CC(C4)C2)C3)cc1)N1CCN(CCN2CCCC2)CC1. The maximum Gasteiger partial charge on any atom is 0.253 e. The van der Waals surface area contributed by atoms with Crippen LogP contribution in [0.4, 0.5) is 0 Å². The Kier molecular flexibility index (Phi) is 6.61. The van der Waals surface area contributed by atoms with Gasteiger partial charge in [-0.05, 0) is 99.9 Å². The summed E-state index contributed by atoms with van der Waals surface area (Å²) in [7, 11) is 0. The van der Waals surface area contributed by atoms with E-state index in [2.05, 4.69) is 15.1 Å². The van der Waals surface area contributed by atoms with Gasteiger partial charge in [0.2, 0.25) is 5.91 Å². The molecule has 190 valence electrons. The van der Waals surface area contributed by atoms with Gasteiger partial charge in [0.1, 0.15) is 0 Å². The molecule has 6 nitrogen and oxygen atoms in total. The van der Waals surface area contributed by atoms with E-state index in [0.717, 1.165) is 87.4 Å². The van der Waals surface area contributed by atoms with Crippen molar-refractivity contribution in [1.29, 1.82) is 0 Å². The molecule has 1 aromatic carbocycles. The summed E-state index contributed by atoms with van der Waals surface area (Å²) < 4.78 is 0. The molecule has 0 atom stereocenters. The molecule has 6 heteroatoms. The van der Waals surface area contributed by atoms with Gasteiger partial charge in [0.05, 0.1) is 0 Å². The maximum atomic E-state index is 13.2. The monoisotopic (exact) mass is 478 g/mol. The average molecular weight is 479 g/mol. The van der Waals surface area contributed by atoms with Gasteiger partial charge in [-0.2, -0.15) is 0 Å². The Morgan fingerprint density at radius 3 is 1.89 bits per heavy atom. The molecule has 1 aromatic rings. The summed E-state index contributed by atoms with van der Waals surface area (Å²) in [6, 6.07) is 7.90. The summed E-state index contributed by atoms with van der Waals surface area (Å²) in [5.74, 6) is 2.76. The van der Waals surface area contributed by atoms with Crippen molar-refractivity contribution in [1.82, 2.24) is 20.0 Å². The first-order chi connectivity index (χ1) is 17.1. The van der Waals surface area contributed by atoms with Gasteiger partial charge in [0, 0.05) is 56.8 Å². The zero-order valence-corrected chi connectivity index (χ0v) is 21.2. The average Bonchev–Trinajstić information content (AvgIpc) is 3.39. The van der Waals surface area contributed by atoms with Crippen LogP contribution in [-0.4, -0.2) is 78.9 Å². The van der Waals surface area contributed by atoms with E-state index in [1.807, 2.05) is 29.2 Å². The molecule has 6 aliphatic rings. The standard InChI is InChI=1S/C29H42N4O2/c34-27(33-13-11-32(12-14-33)10-9-31-7-1-2-8-31)26-5-3-22(4-6-26)21-30-28(35)29-18-23-15-24(19-29)17-25(16-23)20-29/h3-6,23-25H,1-2,7-21H2,(H,30,35). The number of hydrogen-bond donors (Lipinski definition) is 1. The van der Waals surface area contributed by atoms with E-state index in [1.165, 1.54) is 45.2 Å². The van der Waals surface area contributed by atoms with Gasteiger partial charge < -0.3 is 15.1 Å². The van der Waals surface area contributed by atoms with Crippen molar-refractivity contribution in [3.05, 3.63) is 35.4 Å². The lowest BCUT2D eigenvalue weighted by Gasteiger charge is -2.55. The van der Waals surface area contributed by atoms with E-state index in [1.54, 1.807) is 0 Å². The van der Waals surface area contributed by atoms with Crippen LogP contribution in [0.15, 0.2) is 24.3 Å². The number of benzene rings is 1. The van der Waals surface area contributed by atoms with Gasteiger partial charge in [-0.1, -0.05) is 12.1 Å². The lowest BCUT2D eigenvalue weighted by Crippen LogP contribution is -2.53. The summed E-state index contributed by atoms with van der Waals surface area (Å²) in [5.41, 5.74) is 1.74. The van der Waals surface area contributed by atoms with Crippen molar-refractivity contribution >= 4 is 11.8 Å². The maximum absolute atomic E-state index is 13.2. The highest BCUT2D eigenvalue weighted by atomic mass is 16.2. The Morgan fingerprint density at radius 2 is 1.31 bits per heavy atom. The predicted molar refractivity (Wildman–Crippen MR) is 137 cm³/mol. The molecule has 0 spiro atoms. The fraction of sp³-hybridized carbons (Fsp3) is 0.724. The van der Waals surface area contributed by atoms with Crippen molar-refractivity contribution < 1.29 is 9.59 Å². The van der Waals surface area contributed by atoms with Crippen LogP contribution in [0.5, 0.6) is 0 Å². The summed E-state index contributed by atoms with van der Waals surface area (Å²) in [6.45, 7) is 8.89. The summed E-state index contributed by atoms with van der Waals surface area (Å²) in [5, 5.41) is 3.26. The number of hydrogen-bond acceptors (Lipinski definition) is 4. The Labute approximate surface area is 210 Å². The number of carbonyl (C=O) groups excluding carboxylic acids is 2. The smallest absolute Gasteiger partial charge is 0.253 e. The third kappa shape index (κ3) is 5.01. The molecule has 2 aliphatic heterocycles. The zero-order valence-electron chi connectivity index (χ0n) is 21.2. The van der Waals surface area contributed by atoms with Gasteiger partial charge in [-0.15, -0.1) is 0 Å². The van der Waals surface area contributed by atoms with Crippen molar-refractivity contribution in [2.75, 3.05) is 52.4 Å². The Morgan fingerprint density at radius 1 is 0.771 bits per heavy atom. The molecule has 7 rings (SSSR count). The van der Waals surface area contributed by atoms with Crippen molar-refractivity contribution in [2.45, 2.75) is 57.9 Å². The van der Waals surface area contributed by atoms with Crippen molar-refractivity contribution in [3.8, 4) is 0 Å². The molecule has 0 radical (unpaired) electrons. The van der Waals surface area contributed by atoms with Gasteiger partial charge in [0.25, 0.3) is 5.91 Å². The second-order valence-corrected chi connectivity index (χ2v) is 12.3. The molecule has 4 saturated carbocycles. The van der Waals surface area contributed by atoms with Gasteiger partial charge in [-0.25, -0.2) is 0 Å². The molecule has 2 amide bonds. The van der Waals surface area contributed by atoms with Crippen LogP contribution in [0.3, 0.4) is 0 Å². The minimum atomic E-state index is -0.0960. The van der Waals surface area contributed by atoms with Crippen LogP contribution in [0, 0.1) is 23.2 Å². The molecule has 0 aromatic heterocycles. The van der Waals surface area contributed by atoms with E-state index in [4.69, 9.17) is 0 Å². The highest BCUT2D eigenvalue weighted by molar-refractivity contribution is 5.94. The number of amides is 2. The molecule has 0 unspecified atom stereocenters. The minimum Gasteiger partial charge on any atom is -0.352 e. The second-order valence-electron chi connectivity index (χ2n) is 12.3. The molecular weight excluding hydrogens is 436 g/mol. The van der Waals surface area contributed by atoms with Crippen LogP contribution in [0.1, 0.15) is 67.3 Å². The normalized spacial score (nSPS) is 32.8. The second kappa shape index (κ2) is 9.85. The van der Waals surface area contributed by atoms with Crippen LogP contribution in [0.2, 0.25) is 0 Å². The number of nitrogens with one attached hydrogen (secondary N) is 1. The lowest BCUT2D eigenvalue weighted by atomic mass is 9.49. The van der Waals surface area contributed by atoms with Gasteiger partial charge in [0.15, 0.2) is 0 Å². The van der Waals surface area contributed by atoms with E-state index in [-0.39, 0.29) is 17.2 Å². The molecule has 6 fully saturated rings. The minimum absolute atomic E-state index is 0.0960. The third-order valence-electron chi connectivity index (χ3n) is 9.76. The number of nitrogens with zero attached hydrogens (tertiary/aromatic N) is 3. The van der Waals surface area contributed by atoms with Crippen LogP contribution in [0.25, 0.3) is 0 Å². The molecule has 1 N–H and O–H groups in total. The van der Waals surface area contributed by atoms with Crippen molar-refractivity contribution in [3.63, 3.8) is 0 Å². The first kappa shape index (κ1) is 23.5. The molecule has 2 saturated heterocycles. The van der Waals surface area contributed by atoms with Crippen LogP contribution < -0.4 is 5.32 Å². The van der Waals surface area contributed by atoms with Crippen molar-refractivity contribution in [2.24, 2.45) is 23.2 Å². The van der Waals surface area contributed by atoms with Gasteiger partial charge in [-0.3, -0.25) is 14.5 Å². The third-order valence-corrected chi connectivity index (χ3v) is 9.76. The van der Waals surface area contributed by atoms with E-state index in [9.17, 15) is 9.59 Å². The summed E-state index contributed by atoms with van der Waals surface area (Å²) in [6.07, 6.45) is 10.1. The quantitative estimate of drug-likeness (QED) is 0.653. The zero-order chi connectivity index (χ0) is 23.8. The van der Waals surface area contributed by atoms with Crippen LogP contribution >= 0.6 is 0 Å². The summed E-state index contributed by atoms with van der Waals surface area (Å²) in [4.78, 5) is 33.3. The fourth-order valence-electron chi connectivity index (χ4n) is 8.17. The van der Waals surface area contributed by atoms with Crippen LogP contribution in [-0.2, 0) is 11.3 Å². The molecular formula is C29H42N4O2. The van der Waals surface area contributed by atoms with E-state index < -0.39 is 0 Å². The molecule has 4 bridgehead atoms. The Balaban J connectivity index is 0.967. The highest BCUT2D eigenvalue weighted by Gasteiger charge is 2.54. The first-order valence-corrected chi connectivity index (χ1v) is 14.2. The predicted octanol–water partition coefficient (Wildman–Crippen LogP) is 3.37. The Hall–Kier alpha value is -1.92. The first-order valence-electron chi connectivity index (χ1n) is 14.2. The molecule has 4 aliphatic carbocycles. The van der Waals surface area contributed by atoms with Gasteiger partial charge >= 0.3 is 0 Å². The van der Waals surface area contributed by atoms with E-state index in [0.29, 0.717) is 6.54 Å². The Bertz CT molecular complexity index is 880. The number of piperazine rings is 1. The number of carbonyl (C=O) groups is 2. The largest absolute Gasteiger partial charge is 0.352 e. The topological polar surface area (TPSA) is 55.9 Å². The van der Waals surface area contributed by atoms with E-state index >= 15 is 0 Å². The molecule has 2 heterocycles. The fourth-order valence-corrected chi connectivity index (χ4v) is 8.17. The number of rotatable bonds is 7. The lowest BCUT2D eigenvalue weighted by molar-refractivity contribution is -0.146. The number of likely N-dealkylation sites (tertiary alicyclic amines) is 1. The summed E-state index contributed by atoms with van der Waals surface area (Å²) >= 11 is 0. The highest BCUT2D eigenvalue weighted by Crippen LogP contribution is 2.60. The molecule has 35 heavy (non-hydrogen) atoms.